The number of nitrogen functional groups attached to an aromatic ring is 1. The minimum Gasteiger partial charge on any atom is -0.381 e. The van der Waals surface area contributed by atoms with Crippen LogP contribution in [0.3, 0.4) is 0 Å². The van der Waals surface area contributed by atoms with Crippen molar-refractivity contribution in [2.75, 3.05) is 23.7 Å². The first-order valence-corrected chi connectivity index (χ1v) is 16.1. The van der Waals surface area contributed by atoms with Crippen LogP contribution in [-0.4, -0.2) is 47.0 Å². The van der Waals surface area contributed by atoms with E-state index in [-0.39, 0.29) is 21.8 Å². The summed E-state index contributed by atoms with van der Waals surface area (Å²) in [5.74, 6) is 1.02. The molecule has 0 bridgehead atoms. The topological polar surface area (TPSA) is 143 Å². The second-order valence-corrected chi connectivity index (χ2v) is 15.5. The lowest BCUT2D eigenvalue weighted by atomic mass is 9.73. The van der Waals surface area contributed by atoms with Crippen LogP contribution in [0.25, 0.3) is 10.9 Å². The number of piperidine rings is 1. The Labute approximate surface area is 247 Å². The Bertz CT molecular complexity index is 1680. The van der Waals surface area contributed by atoms with E-state index in [9.17, 15) is 9.00 Å². The fraction of sp³-hybridized carbons (Fsp3) is 0.423. The highest BCUT2D eigenvalue weighted by molar-refractivity contribution is 7.99. The van der Waals surface area contributed by atoms with Gasteiger partial charge in [-0.15, -0.1) is 11.3 Å². The molecule has 0 unspecified atom stereocenters. The lowest BCUT2D eigenvalue weighted by molar-refractivity contribution is 0.176. The van der Waals surface area contributed by atoms with Crippen LogP contribution in [-0.2, 0) is 17.4 Å². The molecule has 0 amide bonds. The first-order chi connectivity index (χ1) is 19.1. The summed E-state index contributed by atoms with van der Waals surface area (Å²) in [6, 6.07) is 3.50. The fourth-order valence-corrected chi connectivity index (χ4v) is 8.41. The number of hydrogen-bond donors (Lipinski definition) is 3. The molecule has 4 aromatic rings. The largest absolute Gasteiger partial charge is 0.381 e. The van der Waals surface area contributed by atoms with E-state index < -0.39 is 11.0 Å². The van der Waals surface area contributed by atoms with E-state index in [1.54, 1.807) is 29.7 Å². The van der Waals surface area contributed by atoms with Crippen molar-refractivity contribution in [3.05, 3.63) is 56.1 Å². The number of aromatic nitrogens is 5. The molecule has 1 aromatic carbocycles. The Morgan fingerprint density at radius 3 is 2.75 bits per heavy atom. The van der Waals surface area contributed by atoms with E-state index in [2.05, 4.69) is 34.5 Å². The van der Waals surface area contributed by atoms with Crippen LogP contribution in [0.15, 0.2) is 44.9 Å². The number of thiazole rings is 1. The third-order valence-electron chi connectivity index (χ3n) is 7.60. The van der Waals surface area contributed by atoms with Gasteiger partial charge in [0.25, 0.3) is 5.56 Å². The van der Waals surface area contributed by atoms with E-state index in [0.29, 0.717) is 31.7 Å². The van der Waals surface area contributed by atoms with Gasteiger partial charge < -0.3 is 15.6 Å². The van der Waals surface area contributed by atoms with E-state index in [4.69, 9.17) is 17.3 Å². The van der Waals surface area contributed by atoms with E-state index >= 15 is 0 Å². The molecule has 3 aromatic heterocycles. The normalized spacial score (nSPS) is 19.3. The van der Waals surface area contributed by atoms with Gasteiger partial charge in [-0.1, -0.05) is 23.4 Å². The zero-order chi connectivity index (χ0) is 28.2. The molecule has 1 saturated heterocycles. The Hall–Kier alpha value is -2.58. The highest BCUT2D eigenvalue weighted by atomic mass is 35.5. The van der Waals surface area contributed by atoms with Crippen LogP contribution in [0.2, 0.25) is 5.02 Å². The van der Waals surface area contributed by atoms with Crippen molar-refractivity contribution in [3.8, 4) is 0 Å². The third kappa shape index (κ3) is 4.91. The van der Waals surface area contributed by atoms with Crippen molar-refractivity contribution in [1.29, 1.82) is 0 Å². The molecule has 210 valence electrons. The van der Waals surface area contributed by atoms with Crippen molar-refractivity contribution in [3.63, 3.8) is 0 Å². The smallest absolute Gasteiger partial charge is 0.260 e. The van der Waals surface area contributed by atoms with Crippen molar-refractivity contribution in [1.82, 2.24) is 29.6 Å². The molecule has 0 saturated carbocycles. The van der Waals surface area contributed by atoms with Crippen LogP contribution >= 0.6 is 34.7 Å². The highest BCUT2D eigenvalue weighted by Gasteiger charge is 2.50. The maximum Gasteiger partial charge on any atom is 0.260 e. The number of hydrogen-bond acceptors (Lipinski definition) is 10. The molecule has 10 nitrogen and oxygen atoms in total. The molecule has 1 aliphatic heterocycles. The van der Waals surface area contributed by atoms with Gasteiger partial charge in [-0.2, -0.15) is 0 Å². The minimum atomic E-state index is -1.20. The number of nitrogens with zero attached hydrogens (tertiary/aromatic N) is 5. The summed E-state index contributed by atoms with van der Waals surface area (Å²) in [4.78, 5) is 37.1. The summed E-state index contributed by atoms with van der Waals surface area (Å²) in [5, 5.41) is 1.15. The first kappa shape index (κ1) is 27.6. The predicted octanol–water partition coefficient (Wildman–Crippen LogP) is 4.49. The van der Waals surface area contributed by atoms with E-state index in [1.165, 1.54) is 23.0 Å². The molecule has 40 heavy (non-hydrogen) atoms. The molecule has 1 fully saturated rings. The Morgan fingerprint density at radius 1 is 1.25 bits per heavy atom. The van der Waals surface area contributed by atoms with Crippen LogP contribution < -0.4 is 20.9 Å². The summed E-state index contributed by atoms with van der Waals surface area (Å²) >= 11 is 9.50. The predicted molar refractivity (Wildman–Crippen MR) is 161 cm³/mol. The standard InChI is InChI=1S/C26H29ClN8O2S3/c1-25(2,3)40(37)34-21-20-16(38-13-32-20)10-26(21)6-8-35(9-7-26)17-11-29-24(22(28)33-17)39-15-5-4-14-18(19(15)27)23(36)31-12-30-14/h4-5,11-13,21,34H,6-10H2,1-3H3,(H2,28,33)(H,30,31,36)/t21-,40-/m1/s1. The zero-order valence-corrected chi connectivity index (χ0v) is 25.4. The van der Waals surface area contributed by atoms with E-state index in [0.717, 1.165) is 43.9 Å². The van der Waals surface area contributed by atoms with Crippen LogP contribution in [0.4, 0.5) is 11.6 Å². The fourth-order valence-electron chi connectivity index (χ4n) is 5.37. The molecule has 1 aliphatic carbocycles. The molecule has 2 aliphatic rings. The van der Waals surface area contributed by atoms with Crippen LogP contribution in [0.1, 0.15) is 50.2 Å². The SMILES string of the molecule is CC(C)(C)[S@@](=O)N[C@@H]1c2ncsc2CC12CCN(c1cnc(Sc3ccc4nc[nH]c(=O)c4c3Cl)c(N)n1)CC2. The Morgan fingerprint density at radius 2 is 2.02 bits per heavy atom. The van der Waals surface area contributed by atoms with Crippen molar-refractivity contribution >= 4 is 68.2 Å². The second-order valence-electron chi connectivity index (χ2n) is 11.1. The summed E-state index contributed by atoms with van der Waals surface area (Å²) < 4.78 is 16.2. The number of rotatable bonds is 5. The van der Waals surface area contributed by atoms with Gasteiger partial charge in [0, 0.05) is 28.3 Å². The van der Waals surface area contributed by atoms with Gasteiger partial charge in [0.2, 0.25) is 0 Å². The van der Waals surface area contributed by atoms with Gasteiger partial charge in [0.1, 0.15) is 10.8 Å². The van der Waals surface area contributed by atoms with Crippen LogP contribution in [0, 0.1) is 5.41 Å². The quantitative estimate of drug-likeness (QED) is 0.295. The van der Waals surface area contributed by atoms with Crippen molar-refractivity contribution in [2.45, 2.75) is 60.7 Å². The van der Waals surface area contributed by atoms with Gasteiger partial charge in [-0.3, -0.25) is 4.79 Å². The molecule has 4 heterocycles. The van der Waals surface area contributed by atoms with Gasteiger partial charge in [-0.25, -0.2) is 28.9 Å². The van der Waals surface area contributed by atoms with Gasteiger partial charge >= 0.3 is 0 Å². The van der Waals surface area contributed by atoms with Crippen molar-refractivity contribution in [2.24, 2.45) is 5.41 Å². The number of H-pyrrole nitrogens is 1. The second kappa shape index (κ2) is 10.4. The lowest BCUT2D eigenvalue weighted by Crippen LogP contribution is -2.48. The average Bonchev–Trinajstić information content (AvgIpc) is 3.47. The molecule has 4 N–H and O–H groups in total. The molecular formula is C26H29ClN8O2S3. The van der Waals surface area contributed by atoms with E-state index in [1.807, 2.05) is 26.3 Å². The Balaban J connectivity index is 1.18. The molecule has 6 rings (SSSR count). The number of fused-ring (bicyclic) bond motifs is 2. The highest BCUT2D eigenvalue weighted by Crippen LogP contribution is 2.53. The number of nitrogens with two attached hydrogens (primary N) is 1. The monoisotopic (exact) mass is 616 g/mol. The molecule has 14 heteroatoms. The Kier molecular flexibility index (Phi) is 7.14. The van der Waals surface area contributed by atoms with Gasteiger partial charge in [0.15, 0.2) is 5.82 Å². The average molecular weight is 617 g/mol. The summed E-state index contributed by atoms with van der Waals surface area (Å²) in [5.41, 5.74) is 9.46. The number of aromatic amines is 1. The summed E-state index contributed by atoms with van der Waals surface area (Å²) in [6.07, 6.45) is 5.83. The number of benzene rings is 1. The lowest BCUT2D eigenvalue weighted by Gasteiger charge is -2.43. The first-order valence-electron chi connectivity index (χ1n) is 12.9. The van der Waals surface area contributed by atoms with Gasteiger partial charge in [0.05, 0.1) is 61.4 Å². The molecule has 2 atom stereocenters. The molecule has 0 radical (unpaired) electrons. The number of halogens is 1. The minimum absolute atomic E-state index is 0.0405. The maximum atomic E-state index is 13.1. The summed E-state index contributed by atoms with van der Waals surface area (Å²) in [6.45, 7) is 7.51. The van der Waals surface area contributed by atoms with Gasteiger partial charge in [-0.05, 0) is 52.2 Å². The number of anilines is 2. The molecular weight excluding hydrogens is 588 g/mol. The zero-order valence-electron chi connectivity index (χ0n) is 22.2. The number of nitrogens with one attached hydrogen (secondary N) is 2. The molecule has 1 spiro atoms. The van der Waals surface area contributed by atoms with Crippen LogP contribution in [0.5, 0.6) is 0 Å². The summed E-state index contributed by atoms with van der Waals surface area (Å²) in [7, 11) is -1.20. The third-order valence-corrected chi connectivity index (χ3v) is 11.6. The van der Waals surface area contributed by atoms with Crippen molar-refractivity contribution < 1.29 is 4.21 Å². The maximum absolute atomic E-state index is 13.1.